The highest BCUT2D eigenvalue weighted by Crippen LogP contribution is 2.35. The first-order valence-electron chi connectivity index (χ1n) is 11.3. The standard InChI is InChI=1S/C26H26N6O3/c1-30(2)18-7-8-20-16(11-18)9-10-32(24(20)34)23-6-4-5-19(21(23)14-33)17-12-22(25(35)31(3)13-17)29-26-27-15-28-26/h4-8,11-13,15,33H,9-10,14H2,1-3H3,(H,27,28,29). The van der Waals surface area contributed by atoms with Gasteiger partial charge in [0.15, 0.2) is 0 Å². The number of nitrogens with one attached hydrogen (secondary N) is 1. The molecule has 0 saturated heterocycles. The molecule has 2 N–H and O–H groups in total. The molecule has 178 valence electrons. The van der Waals surface area contributed by atoms with E-state index >= 15 is 0 Å². The Hall–Kier alpha value is -4.24. The number of aromatic nitrogens is 1. The van der Waals surface area contributed by atoms with Gasteiger partial charge in [0.25, 0.3) is 11.5 Å². The maximum Gasteiger partial charge on any atom is 0.274 e. The lowest BCUT2D eigenvalue weighted by Gasteiger charge is -2.31. The van der Waals surface area contributed by atoms with Crippen molar-refractivity contribution < 1.29 is 9.90 Å². The van der Waals surface area contributed by atoms with Crippen LogP contribution < -0.4 is 20.7 Å². The lowest BCUT2D eigenvalue weighted by atomic mass is 9.94. The molecule has 35 heavy (non-hydrogen) atoms. The van der Waals surface area contributed by atoms with Gasteiger partial charge in [0.05, 0.1) is 12.3 Å². The number of hydrogen-bond donors (Lipinski definition) is 2. The van der Waals surface area contributed by atoms with Gasteiger partial charge in [-0.3, -0.25) is 9.59 Å². The molecule has 5 rings (SSSR count). The molecule has 2 aliphatic heterocycles. The average Bonchev–Trinajstić information content (AvgIpc) is 2.83. The molecule has 3 aromatic rings. The molecule has 0 spiro atoms. The normalized spacial score (nSPS) is 14.3. The lowest BCUT2D eigenvalue weighted by Crippen LogP contribution is -2.38. The fraction of sp³-hybridized carbons (Fsp3) is 0.231. The maximum atomic E-state index is 13.5. The summed E-state index contributed by atoms with van der Waals surface area (Å²) in [5.74, 6) is 0.275. The first kappa shape index (κ1) is 22.5. The zero-order chi connectivity index (χ0) is 24.7. The molecule has 0 atom stereocenters. The van der Waals surface area contributed by atoms with Crippen LogP contribution in [0, 0.1) is 0 Å². The van der Waals surface area contributed by atoms with Gasteiger partial charge in [0.2, 0.25) is 5.96 Å². The Bertz CT molecular complexity index is 1450. The molecule has 0 bridgehead atoms. The van der Waals surface area contributed by atoms with Crippen molar-refractivity contribution in [3.8, 4) is 11.1 Å². The first-order valence-corrected chi connectivity index (χ1v) is 11.3. The summed E-state index contributed by atoms with van der Waals surface area (Å²) in [5.41, 5.74) is 5.61. The second kappa shape index (κ2) is 8.84. The Morgan fingerprint density at radius 1 is 1.11 bits per heavy atom. The van der Waals surface area contributed by atoms with Crippen molar-refractivity contribution in [2.24, 2.45) is 17.0 Å². The predicted molar refractivity (Wildman–Crippen MR) is 139 cm³/mol. The molecule has 9 nitrogen and oxygen atoms in total. The Labute approximate surface area is 202 Å². The Morgan fingerprint density at radius 2 is 1.91 bits per heavy atom. The van der Waals surface area contributed by atoms with Crippen molar-refractivity contribution in [2.45, 2.75) is 13.0 Å². The number of anilines is 3. The SMILES string of the molecule is CN(C)c1ccc2c(c1)CCN(c1cccc(-c3cc(NC4=NC=N4)c(=O)n(C)c3)c1CO)C2=O. The van der Waals surface area contributed by atoms with Crippen LogP contribution in [0.3, 0.4) is 0 Å². The molecule has 1 amide bonds. The van der Waals surface area contributed by atoms with Gasteiger partial charge in [-0.1, -0.05) is 12.1 Å². The van der Waals surface area contributed by atoms with E-state index < -0.39 is 0 Å². The number of nitrogens with zero attached hydrogens (tertiary/aromatic N) is 5. The molecule has 0 saturated carbocycles. The van der Waals surface area contributed by atoms with E-state index in [0.717, 1.165) is 22.4 Å². The number of pyridine rings is 1. The predicted octanol–water partition coefficient (Wildman–Crippen LogP) is 2.62. The fourth-order valence-electron chi connectivity index (χ4n) is 4.50. The number of carbonyl (C=O) groups excluding carboxylic acids is 1. The third kappa shape index (κ3) is 4.00. The molecule has 2 aliphatic rings. The summed E-state index contributed by atoms with van der Waals surface area (Å²) in [6.07, 6.45) is 3.83. The van der Waals surface area contributed by atoms with E-state index in [1.54, 1.807) is 24.2 Å². The summed E-state index contributed by atoms with van der Waals surface area (Å²) in [6, 6.07) is 13.2. The highest BCUT2D eigenvalue weighted by molar-refractivity contribution is 6.09. The van der Waals surface area contributed by atoms with Gasteiger partial charge in [-0.25, -0.2) is 9.98 Å². The van der Waals surface area contributed by atoms with Crippen LogP contribution >= 0.6 is 0 Å². The van der Waals surface area contributed by atoms with E-state index in [2.05, 4.69) is 21.4 Å². The summed E-state index contributed by atoms with van der Waals surface area (Å²) in [4.78, 5) is 37.8. The average molecular weight is 471 g/mol. The van der Waals surface area contributed by atoms with Crippen LogP contribution in [-0.4, -0.2) is 48.5 Å². The molecule has 0 radical (unpaired) electrons. The minimum atomic E-state index is -0.260. The third-order valence-electron chi connectivity index (χ3n) is 6.39. The number of aryl methyl sites for hydroxylation is 1. The second-order valence-electron chi connectivity index (χ2n) is 8.78. The number of fused-ring (bicyclic) bond motifs is 1. The zero-order valence-corrected chi connectivity index (χ0v) is 19.8. The summed E-state index contributed by atoms with van der Waals surface area (Å²) in [5, 5.41) is 13.3. The topological polar surface area (TPSA) is 103 Å². The number of amides is 1. The molecule has 0 aliphatic carbocycles. The van der Waals surface area contributed by atoms with Crippen molar-refractivity contribution in [1.29, 1.82) is 0 Å². The van der Waals surface area contributed by atoms with Gasteiger partial charge in [0, 0.05) is 56.3 Å². The minimum Gasteiger partial charge on any atom is -0.392 e. The number of aliphatic imine (C=N–C) groups is 2. The summed E-state index contributed by atoms with van der Waals surface area (Å²) in [6.45, 7) is 0.251. The number of hydrogen-bond acceptors (Lipinski definition) is 7. The van der Waals surface area contributed by atoms with Crippen molar-refractivity contribution in [3.05, 3.63) is 75.7 Å². The molecular weight excluding hydrogens is 444 g/mol. The molecule has 1 aromatic heterocycles. The maximum absolute atomic E-state index is 13.5. The Balaban J connectivity index is 1.55. The number of carbonyl (C=O) groups is 1. The summed E-state index contributed by atoms with van der Waals surface area (Å²) < 4.78 is 1.47. The van der Waals surface area contributed by atoms with Crippen LogP contribution in [0.2, 0.25) is 0 Å². The van der Waals surface area contributed by atoms with Gasteiger partial charge >= 0.3 is 0 Å². The fourth-order valence-corrected chi connectivity index (χ4v) is 4.50. The molecular formula is C26H26N6O3. The number of benzene rings is 2. The van der Waals surface area contributed by atoms with Crippen LogP contribution in [0.5, 0.6) is 0 Å². The van der Waals surface area contributed by atoms with Gasteiger partial charge in [0.1, 0.15) is 12.0 Å². The number of rotatable bonds is 5. The van der Waals surface area contributed by atoms with E-state index in [0.29, 0.717) is 41.4 Å². The molecule has 2 aromatic carbocycles. The van der Waals surface area contributed by atoms with Gasteiger partial charge in [-0.2, -0.15) is 0 Å². The van der Waals surface area contributed by atoms with Crippen LogP contribution in [0.15, 0.2) is 63.4 Å². The lowest BCUT2D eigenvalue weighted by molar-refractivity contribution is 0.0980. The monoisotopic (exact) mass is 470 g/mol. The Morgan fingerprint density at radius 3 is 2.60 bits per heavy atom. The largest absolute Gasteiger partial charge is 0.392 e. The van der Waals surface area contributed by atoms with Crippen LogP contribution in [0.1, 0.15) is 21.5 Å². The van der Waals surface area contributed by atoms with Gasteiger partial charge in [-0.05, 0) is 47.9 Å². The number of aliphatic hydroxyl groups excluding tert-OH is 1. The van der Waals surface area contributed by atoms with E-state index in [-0.39, 0.29) is 18.1 Å². The smallest absolute Gasteiger partial charge is 0.274 e. The molecule has 9 heteroatoms. The second-order valence-corrected chi connectivity index (χ2v) is 8.78. The van der Waals surface area contributed by atoms with Crippen LogP contribution in [0.4, 0.5) is 17.1 Å². The highest BCUT2D eigenvalue weighted by atomic mass is 16.3. The minimum absolute atomic E-state index is 0.0907. The van der Waals surface area contributed by atoms with Crippen LogP contribution in [-0.2, 0) is 20.1 Å². The van der Waals surface area contributed by atoms with Crippen molar-refractivity contribution in [1.82, 2.24) is 4.57 Å². The number of guanidine groups is 1. The Kier molecular flexibility index (Phi) is 5.70. The number of aliphatic hydroxyl groups is 1. The molecule has 0 unspecified atom stereocenters. The molecule has 0 fully saturated rings. The van der Waals surface area contributed by atoms with Crippen molar-refractivity contribution >= 4 is 35.3 Å². The van der Waals surface area contributed by atoms with E-state index in [1.807, 2.05) is 49.3 Å². The summed E-state index contributed by atoms with van der Waals surface area (Å²) >= 11 is 0. The highest BCUT2D eigenvalue weighted by Gasteiger charge is 2.28. The van der Waals surface area contributed by atoms with E-state index in [1.165, 1.54) is 10.9 Å². The van der Waals surface area contributed by atoms with E-state index in [4.69, 9.17) is 0 Å². The quantitative estimate of drug-likeness (QED) is 0.597. The summed E-state index contributed by atoms with van der Waals surface area (Å²) in [7, 11) is 5.62. The van der Waals surface area contributed by atoms with Crippen molar-refractivity contribution in [3.63, 3.8) is 0 Å². The first-order chi connectivity index (χ1) is 16.9. The van der Waals surface area contributed by atoms with E-state index in [9.17, 15) is 14.7 Å². The molecule has 3 heterocycles. The zero-order valence-electron chi connectivity index (χ0n) is 19.8. The van der Waals surface area contributed by atoms with Crippen LogP contribution in [0.25, 0.3) is 11.1 Å². The van der Waals surface area contributed by atoms with Gasteiger partial charge < -0.3 is 24.8 Å². The third-order valence-corrected chi connectivity index (χ3v) is 6.39. The van der Waals surface area contributed by atoms with Gasteiger partial charge in [-0.15, -0.1) is 0 Å². The van der Waals surface area contributed by atoms with Crippen molar-refractivity contribution in [2.75, 3.05) is 35.8 Å².